The first-order valence-electron chi connectivity index (χ1n) is 6.02. The van der Waals surface area contributed by atoms with Gasteiger partial charge in [-0.2, -0.15) is 0 Å². The van der Waals surface area contributed by atoms with Crippen LogP contribution in [0.2, 0.25) is 0 Å². The van der Waals surface area contributed by atoms with E-state index in [9.17, 15) is 13.6 Å². The zero-order chi connectivity index (χ0) is 14.0. The summed E-state index contributed by atoms with van der Waals surface area (Å²) in [5.41, 5.74) is 0.160. The Hall–Kier alpha value is -1.53. The van der Waals surface area contributed by atoms with Crippen LogP contribution in [0.3, 0.4) is 0 Å². The predicted molar refractivity (Wildman–Crippen MR) is 63.7 cm³/mol. The predicted octanol–water partition coefficient (Wildman–Crippen LogP) is 1.81. The van der Waals surface area contributed by atoms with E-state index in [0.29, 0.717) is 13.2 Å². The number of nitrogens with zero attached hydrogens (tertiary/aromatic N) is 1. The molecule has 1 aromatic carbocycles. The van der Waals surface area contributed by atoms with Gasteiger partial charge in [0.05, 0.1) is 13.2 Å². The van der Waals surface area contributed by atoms with Gasteiger partial charge in [0.2, 0.25) is 0 Å². The third-order valence-electron chi connectivity index (χ3n) is 3.36. The smallest absolute Gasteiger partial charge is 0.323 e. The third-order valence-corrected chi connectivity index (χ3v) is 3.36. The molecule has 2 rings (SSSR count). The first kappa shape index (κ1) is 13.9. The van der Waals surface area contributed by atoms with E-state index in [1.54, 1.807) is 11.8 Å². The molecule has 2 atom stereocenters. The fraction of sp³-hybridized carbons (Fsp3) is 0.462. The van der Waals surface area contributed by atoms with Crippen molar-refractivity contribution in [1.29, 1.82) is 0 Å². The highest BCUT2D eigenvalue weighted by Gasteiger charge is 2.33. The Labute approximate surface area is 109 Å². The van der Waals surface area contributed by atoms with Crippen LogP contribution in [-0.2, 0) is 9.53 Å². The molecule has 0 spiro atoms. The lowest BCUT2D eigenvalue weighted by molar-refractivity contribution is -0.151. The van der Waals surface area contributed by atoms with E-state index in [1.807, 2.05) is 0 Å². The average Bonchev–Trinajstić information content (AvgIpc) is 2.40. The van der Waals surface area contributed by atoms with E-state index >= 15 is 0 Å². The second-order valence-electron chi connectivity index (χ2n) is 4.51. The molecule has 19 heavy (non-hydrogen) atoms. The van der Waals surface area contributed by atoms with Gasteiger partial charge in [-0.15, -0.1) is 0 Å². The molecule has 2 unspecified atom stereocenters. The van der Waals surface area contributed by atoms with Crippen molar-refractivity contribution in [1.82, 2.24) is 4.90 Å². The Morgan fingerprint density at radius 3 is 2.95 bits per heavy atom. The van der Waals surface area contributed by atoms with Gasteiger partial charge in [-0.25, -0.2) is 8.78 Å². The summed E-state index contributed by atoms with van der Waals surface area (Å²) >= 11 is 0. The number of carboxylic acid groups (broad SMARTS) is 1. The van der Waals surface area contributed by atoms with Gasteiger partial charge in [0.15, 0.2) is 0 Å². The number of carbonyl (C=O) groups is 1. The van der Waals surface area contributed by atoms with E-state index in [-0.39, 0.29) is 12.2 Å². The lowest BCUT2D eigenvalue weighted by atomic mass is 10.0. The van der Waals surface area contributed by atoms with Crippen molar-refractivity contribution in [2.75, 3.05) is 19.8 Å². The van der Waals surface area contributed by atoms with Crippen LogP contribution < -0.4 is 0 Å². The fourth-order valence-corrected chi connectivity index (χ4v) is 2.31. The third kappa shape index (κ3) is 2.90. The molecule has 1 aliphatic rings. The van der Waals surface area contributed by atoms with Crippen molar-refractivity contribution in [3.63, 3.8) is 0 Å². The highest BCUT2D eigenvalue weighted by molar-refractivity contribution is 5.73. The molecule has 0 aromatic heterocycles. The number of hydrogen-bond donors (Lipinski definition) is 1. The molecule has 0 aliphatic carbocycles. The molecule has 1 saturated heterocycles. The number of morpholine rings is 1. The second kappa shape index (κ2) is 5.63. The maximum atomic E-state index is 13.7. The number of hydrogen-bond acceptors (Lipinski definition) is 3. The molecule has 4 nitrogen and oxygen atoms in total. The topological polar surface area (TPSA) is 49.8 Å². The molecule has 0 amide bonds. The number of ether oxygens (including phenoxy) is 1. The van der Waals surface area contributed by atoms with Crippen LogP contribution in [0.15, 0.2) is 18.2 Å². The molecular formula is C13H15F2NO3. The Balaban J connectivity index is 2.28. The molecule has 104 valence electrons. The maximum Gasteiger partial charge on any atom is 0.323 e. The van der Waals surface area contributed by atoms with Crippen LogP contribution in [0.1, 0.15) is 18.5 Å². The van der Waals surface area contributed by atoms with Crippen LogP contribution in [0.5, 0.6) is 0 Å². The van der Waals surface area contributed by atoms with Crippen molar-refractivity contribution in [2.24, 2.45) is 0 Å². The molecule has 1 N–H and O–H groups in total. The van der Waals surface area contributed by atoms with Crippen molar-refractivity contribution in [3.05, 3.63) is 35.4 Å². The molecule has 0 saturated carbocycles. The molecule has 1 aromatic rings. The minimum atomic E-state index is -1.02. The monoisotopic (exact) mass is 271 g/mol. The van der Waals surface area contributed by atoms with Gasteiger partial charge >= 0.3 is 5.97 Å². The number of halogens is 2. The molecular weight excluding hydrogens is 256 g/mol. The van der Waals surface area contributed by atoms with Crippen molar-refractivity contribution in [2.45, 2.75) is 19.0 Å². The number of aliphatic carboxylic acids is 1. The van der Waals surface area contributed by atoms with E-state index < -0.39 is 29.7 Å². The van der Waals surface area contributed by atoms with Crippen molar-refractivity contribution < 1.29 is 23.4 Å². The molecule has 1 fully saturated rings. The Morgan fingerprint density at radius 1 is 1.53 bits per heavy atom. The van der Waals surface area contributed by atoms with Crippen molar-refractivity contribution >= 4 is 5.97 Å². The molecule has 0 bridgehead atoms. The summed E-state index contributed by atoms with van der Waals surface area (Å²) in [5, 5.41) is 9.14. The van der Waals surface area contributed by atoms with E-state index in [4.69, 9.17) is 9.84 Å². The van der Waals surface area contributed by atoms with Gasteiger partial charge in [0.1, 0.15) is 17.7 Å². The van der Waals surface area contributed by atoms with Gasteiger partial charge < -0.3 is 9.84 Å². The van der Waals surface area contributed by atoms with E-state index in [0.717, 1.165) is 18.2 Å². The summed E-state index contributed by atoms with van der Waals surface area (Å²) in [5.74, 6) is -2.10. The average molecular weight is 271 g/mol. The minimum Gasteiger partial charge on any atom is -0.480 e. The first-order valence-corrected chi connectivity index (χ1v) is 6.02. The zero-order valence-electron chi connectivity index (χ0n) is 10.5. The van der Waals surface area contributed by atoms with E-state index in [1.165, 1.54) is 0 Å². The number of rotatable bonds is 3. The van der Waals surface area contributed by atoms with Gasteiger partial charge in [-0.05, 0) is 25.1 Å². The van der Waals surface area contributed by atoms with Crippen LogP contribution >= 0.6 is 0 Å². The van der Waals surface area contributed by atoms with Gasteiger partial charge in [-0.1, -0.05) is 0 Å². The summed E-state index contributed by atoms with van der Waals surface area (Å²) in [6.45, 7) is 2.47. The summed E-state index contributed by atoms with van der Waals surface area (Å²) < 4.78 is 32.1. The number of benzene rings is 1. The Kier molecular flexibility index (Phi) is 4.11. The van der Waals surface area contributed by atoms with Gasteiger partial charge in [0, 0.05) is 18.2 Å². The Bertz CT molecular complexity index is 481. The van der Waals surface area contributed by atoms with Crippen LogP contribution in [0.25, 0.3) is 0 Å². The normalized spacial score (nSPS) is 22.2. The zero-order valence-corrected chi connectivity index (χ0v) is 10.5. The summed E-state index contributed by atoms with van der Waals surface area (Å²) in [7, 11) is 0. The standard InChI is InChI=1S/C13H15F2NO3/c1-8(10-6-9(14)2-3-11(10)15)16-4-5-19-7-12(16)13(17)18/h2-3,6,8,12H,4-5,7H2,1H3,(H,17,18). The highest BCUT2D eigenvalue weighted by Crippen LogP contribution is 2.27. The van der Waals surface area contributed by atoms with E-state index in [2.05, 4.69) is 0 Å². The highest BCUT2D eigenvalue weighted by atomic mass is 19.1. The second-order valence-corrected chi connectivity index (χ2v) is 4.51. The Morgan fingerprint density at radius 2 is 2.26 bits per heavy atom. The minimum absolute atomic E-state index is 0.0522. The fourth-order valence-electron chi connectivity index (χ4n) is 2.31. The van der Waals surface area contributed by atoms with Gasteiger partial charge in [-0.3, -0.25) is 9.69 Å². The lowest BCUT2D eigenvalue weighted by Gasteiger charge is -2.37. The van der Waals surface area contributed by atoms with Crippen LogP contribution in [0, 0.1) is 11.6 Å². The van der Waals surface area contributed by atoms with Crippen molar-refractivity contribution in [3.8, 4) is 0 Å². The molecule has 1 aliphatic heterocycles. The molecule has 0 radical (unpaired) electrons. The maximum absolute atomic E-state index is 13.7. The molecule has 6 heteroatoms. The summed E-state index contributed by atoms with van der Waals surface area (Å²) in [6, 6.07) is 1.83. The summed E-state index contributed by atoms with van der Waals surface area (Å²) in [6.07, 6.45) is 0. The SMILES string of the molecule is CC(c1cc(F)ccc1F)N1CCOCC1C(=O)O. The quantitative estimate of drug-likeness (QED) is 0.911. The van der Waals surface area contributed by atoms with Crippen LogP contribution in [0.4, 0.5) is 8.78 Å². The molecule has 1 heterocycles. The largest absolute Gasteiger partial charge is 0.480 e. The summed E-state index contributed by atoms with van der Waals surface area (Å²) in [4.78, 5) is 12.8. The lowest BCUT2D eigenvalue weighted by Crippen LogP contribution is -2.50. The number of carboxylic acids is 1. The van der Waals surface area contributed by atoms with Crippen LogP contribution in [-0.4, -0.2) is 41.8 Å². The van der Waals surface area contributed by atoms with Gasteiger partial charge in [0.25, 0.3) is 0 Å². The first-order chi connectivity index (χ1) is 9.00.